The molecule has 1 aromatic rings. The van der Waals surface area contributed by atoms with Gasteiger partial charge < -0.3 is 5.21 Å². The van der Waals surface area contributed by atoms with Crippen LogP contribution in [-0.2, 0) is 11.3 Å². The van der Waals surface area contributed by atoms with Gasteiger partial charge in [-0.05, 0) is 29.8 Å². The lowest BCUT2D eigenvalue weighted by Gasteiger charge is -2.27. The Hall–Kier alpha value is -1.30. The third-order valence-corrected chi connectivity index (χ3v) is 4.96. The fourth-order valence-electron chi connectivity index (χ4n) is 2.51. The van der Waals surface area contributed by atoms with Gasteiger partial charge in [-0.1, -0.05) is 35.0 Å². The van der Waals surface area contributed by atoms with E-state index in [0.717, 1.165) is 40.6 Å². The Balaban J connectivity index is 1.77. The minimum Gasteiger partial charge on any atom is -0.410 e. The lowest BCUT2D eigenvalue weighted by molar-refractivity contribution is -0.105. The lowest BCUT2D eigenvalue weighted by Crippen LogP contribution is -2.32. The Labute approximate surface area is 126 Å². The van der Waals surface area contributed by atoms with Crippen molar-refractivity contribution in [2.45, 2.75) is 13.0 Å². The van der Waals surface area contributed by atoms with Gasteiger partial charge in [0.25, 0.3) is 0 Å². The number of thioether (sulfide) groups is 1. The van der Waals surface area contributed by atoms with E-state index < -0.39 is 0 Å². The Bertz CT molecular complexity index is 627. The van der Waals surface area contributed by atoms with Crippen molar-refractivity contribution in [2.75, 3.05) is 13.1 Å². The standard InChI is InChI=1S/C14H13ClN2O2S/c15-11-4-2-1-3-9(11)7-17-6-5-12-10(8-17)13(16-19)14(18)20-12/h1-4,19H,5-8H2/b16-13-. The maximum absolute atomic E-state index is 11.7. The molecular formula is C14H13ClN2O2S. The summed E-state index contributed by atoms with van der Waals surface area (Å²) >= 11 is 7.36. The van der Waals surface area contributed by atoms with E-state index >= 15 is 0 Å². The van der Waals surface area contributed by atoms with Crippen molar-refractivity contribution in [3.05, 3.63) is 45.3 Å². The number of carbonyl (C=O) groups excluding carboxylic acids is 1. The van der Waals surface area contributed by atoms with Crippen molar-refractivity contribution in [2.24, 2.45) is 5.16 Å². The molecule has 0 unspecified atom stereocenters. The second-order valence-electron chi connectivity index (χ2n) is 4.79. The summed E-state index contributed by atoms with van der Waals surface area (Å²) in [5.74, 6) is 0. The first-order valence-corrected chi connectivity index (χ1v) is 7.51. The van der Waals surface area contributed by atoms with Crippen molar-refractivity contribution < 1.29 is 10.0 Å². The molecule has 1 aromatic carbocycles. The molecule has 4 nitrogen and oxygen atoms in total. The van der Waals surface area contributed by atoms with Gasteiger partial charge in [0.05, 0.1) is 0 Å². The van der Waals surface area contributed by atoms with E-state index in [0.29, 0.717) is 6.54 Å². The molecule has 2 heterocycles. The topological polar surface area (TPSA) is 52.9 Å². The fourth-order valence-corrected chi connectivity index (χ4v) is 3.67. The largest absolute Gasteiger partial charge is 0.410 e. The van der Waals surface area contributed by atoms with Gasteiger partial charge in [0, 0.05) is 35.1 Å². The summed E-state index contributed by atoms with van der Waals surface area (Å²) in [6, 6.07) is 7.75. The van der Waals surface area contributed by atoms with Crippen molar-refractivity contribution in [1.82, 2.24) is 4.90 Å². The summed E-state index contributed by atoms with van der Waals surface area (Å²) in [6.45, 7) is 2.23. The molecule has 0 atom stereocenters. The molecule has 0 spiro atoms. The maximum atomic E-state index is 11.7. The number of oxime groups is 1. The van der Waals surface area contributed by atoms with E-state index in [1.54, 1.807) is 0 Å². The number of hydrogen-bond donors (Lipinski definition) is 1. The van der Waals surface area contributed by atoms with Crippen LogP contribution in [0.5, 0.6) is 0 Å². The molecule has 0 saturated heterocycles. The normalized spacial score (nSPS) is 21.6. The zero-order chi connectivity index (χ0) is 14.1. The molecule has 3 rings (SSSR count). The van der Waals surface area contributed by atoms with Gasteiger partial charge >= 0.3 is 0 Å². The SMILES string of the molecule is O=C1SC2=C(CN(Cc3ccccc3Cl)CC2)/C1=N/O. The highest BCUT2D eigenvalue weighted by atomic mass is 35.5. The van der Waals surface area contributed by atoms with Crippen LogP contribution in [0.25, 0.3) is 0 Å². The third-order valence-electron chi connectivity index (χ3n) is 3.52. The van der Waals surface area contributed by atoms with Crippen LogP contribution in [0.4, 0.5) is 0 Å². The predicted octanol–water partition coefficient (Wildman–Crippen LogP) is 2.90. The summed E-state index contributed by atoms with van der Waals surface area (Å²) < 4.78 is 0. The number of carbonyl (C=O) groups is 1. The Kier molecular flexibility index (Phi) is 3.83. The van der Waals surface area contributed by atoms with Crippen LogP contribution in [0, 0.1) is 0 Å². The number of hydrogen-bond acceptors (Lipinski definition) is 5. The monoisotopic (exact) mass is 308 g/mol. The molecule has 2 aliphatic heterocycles. The summed E-state index contributed by atoms with van der Waals surface area (Å²) in [4.78, 5) is 14.9. The molecule has 6 heteroatoms. The van der Waals surface area contributed by atoms with E-state index in [1.807, 2.05) is 24.3 Å². The van der Waals surface area contributed by atoms with Crippen LogP contribution in [0.1, 0.15) is 12.0 Å². The molecular weight excluding hydrogens is 296 g/mol. The van der Waals surface area contributed by atoms with Crippen LogP contribution >= 0.6 is 23.4 Å². The average molecular weight is 309 g/mol. The smallest absolute Gasteiger partial charge is 0.245 e. The van der Waals surface area contributed by atoms with Crippen LogP contribution < -0.4 is 0 Å². The molecule has 0 aliphatic carbocycles. The van der Waals surface area contributed by atoms with Crippen LogP contribution in [0.15, 0.2) is 39.9 Å². The summed E-state index contributed by atoms with van der Waals surface area (Å²) in [7, 11) is 0. The van der Waals surface area contributed by atoms with Crippen molar-refractivity contribution in [1.29, 1.82) is 0 Å². The predicted molar refractivity (Wildman–Crippen MR) is 80.2 cm³/mol. The number of nitrogens with zero attached hydrogens (tertiary/aromatic N) is 2. The Morgan fingerprint density at radius 2 is 2.20 bits per heavy atom. The number of benzene rings is 1. The van der Waals surface area contributed by atoms with Crippen LogP contribution in [0.2, 0.25) is 5.02 Å². The van der Waals surface area contributed by atoms with Crippen LogP contribution in [0.3, 0.4) is 0 Å². The van der Waals surface area contributed by atoms with Gasteiger partial charge in [0.1, 0.15) is 0 Å². The van der Waals surface area contributed by atoms with Crippen molar-refractivity contribution >= 4 is 34.2 Å². The first-order chi connectivity index (χ1) is 9.69. The number of rotatable bonds is 2. The molecule has 0 radical (unpaired) electrons. The van der Waals surface area contributed by atoms with E-state index in [-0.39, 0.29) is 10.8 Å². The van der Waals surface area contributed by atoms with Gasteiger partial charge in [-0.3, -0.25) is 9.69 Å². The number of halogens is 1. The highest BCUT2D eigenvalue weighted by molar-refractivity contribution is 8.19. The van der Waals surface area contributed by atoms with E-state index in [4.69, 9.17) is 16.8 Å². The average Bonchev–Trinajstić information content (AvgIpc) is 2.76. The van der Waals surface area contributed by atoms with Gasteiger partial charge in [-0.25, -0.2) is 0 Å². The maximum Gasteiger partial charge on any atom is 0.245 e. The molecule has 0 bridgehead atoms. The second kappa shape index (κ2) is 5.60. The molecule has 0 amide bonds. The molecule has 20 heavy (non-hydrogen) atoms. The second-order valence-corrected chi connectivity index (χ2v) is 6.27. The molecule has 0 fully saturated rings. The molecule has 0 aromatic heterocycles. The first kappa shape index (κ1) is 13.7. The Morgan fingerprint density at radius 1 is 1.40 bits per heavy atom. The summed E-state index contributed by atoms with van der Waals surface area (Å²) in [5, 5.41) is 12.7. The molecule has 104 valence electrons. The van der Waals surface area contributed by atoms with Gasteiger partial charge in [-0.2, -0.15) is 0 Å². The zero-order valence-corrected chi connectivity index (χ0v) is 12.2. The van der Waals surface area contributed by atoms with Gasteiger partial charge in [0.15, 0.2) is 5.71 Å². The summed E-state index contributed by atoms with van der Waals surface area (Å²) in [5.41, 5.74) is 2.13. The summed E-state index contributed by atoms with van der Waals surface area (Å²) in [6.07, 6.45) is 0.815. The quantitative estimate of drug-likeness (QED) is 0.674. The van der Waals surface area contributed by atoms with Crippen molar-refractivity contribution in [3.8, 4) is 0 Å². The van der Waals surface area contributed by atoms with Gasteiger partial charge in [-0.15, -0.1) is 0 Å². The Morgan fingerprint density at radius 3 is 2.95 bits per heavy atom. The van der Waals surface area contributed by atoms with Crippen LogP contribution in [-0.4, -0.2) is 34.0 Å². The molecule has 2 aliphatic rings. The minimum absolute atomic E-state index is 0.155. The zero-order valence-electron chi connectivity index (χ0n) is 10.7. The van der Waals surface area contributed by atoms with Gasteiger partial charge in [0.2, 0.25) is 5.12 Å². The molecule has 1 N–H and O–H groups in total. The fraction of sp³-hybridized carbons (Fsp3) is 0.286. The van der Waals surface area contributed by atoms with E-state index in [9.17, 15) is 4.79 Å². The van der Waals surface area contributed by atoms with E-state index in [1.165, 1.54) is 11.8 Å². The highest BCUT2D eigenvalue weighted by Crippen LogP contribution is 2.37. The van der Waals surface area contributed by atoms with Crippen molar-refractivity contribution in [3.63, 3.8) is 0 Å². The third kappa shape index (κ3) is 2.49. The molecule has 0 saturated carbocycles. The van der Waals surface area contributed by atoms with E-state index in [2.05, 4.69) is 10.1 Å². The minimum atomic E-state index is -0.155. The first-order valence-electron chi connectivity index (χ1n) is 6.31. The highest BCUT2D eigenvalue weighted by Gasteiger charge is 2.34. The lowest BCUT2D eigenvalue weighted by atomic mass is 10.0.